The maximum absolute atomic E-state index is 9.52. The number of nitrogens with zero attached hydrogens (tertiary/aromatic N) is 1. The SMILES string of the molecule is C=C(CCO)CN=C=O. The standard InChI is InChI=1S/C6H9NO2/c1-6(2-3-8)4-7-5-9/h8H,1-4H2. The van der Waals surface area contributed by atoms with E-state index in [4.69, 9.17) is 5.11 Å². The molecule has 0 aliphatic rings. The molecule has 0 aromatic rings. The van der Waals surface area contributed by atoms with Crippen molar-refractivity contribution in [2.75, 3.05) is 13.2 Å². The second-order valence-electron chi connectivity index (χ2n) is 1.63. The lowest BCUT2D eigenvalue weighted by molar-refractivity contribution is 0.299. The Hall–Kier alpha value is -0.920. The van der Waals surface area contributed by atoms with Gasteiger partial charge in [-0.05, 0) is 6.42 Å². The van der Waals surface area contributed by atoms with Gasteiger partial charge in [0, 0.05) is 6.61 Å². The van der Waals surface area contributed by atoms with Crippen LogP contribution in [0.4, 0.5) is 0 Å². The lowest BCUT2D eigenvalue weighted by Gasteiger charge is -1.93. The zero-order chi connectivity index (χ0) is 7.11. The topological polar surface area (TPSA) is 49.7 Å². The van der Waals surface area contributed by atoms with E-state index in [1.807, 2.05) is 0 Å². The number of aliphatic hydroxyl groups excluding tert-OH is 1. The summed E-state index contributed by atoms with van der Waals surface area (Å²) in [4.78, 5) is 12.8. The normalized spacial score (nSPS) is 8.11. The molecule has 3 nitrogen and oxygen atoms in total. The van der Waals surface area contributed by atoms with Crippen LogP contribution in [0.1, 0.15) is 6.42 Å². The molecule has 0 saturated carbocycles. The Balaban J connectivity index is 3.38. The van der Waals surface area contributed by atoms with Crippen LogP contribution in [-0.4, -0.2) is 24.3 Å². The maximum atomic E-state index is 9.52. The molecule has 0 heterocycles. The van der Waals surface area contributed by atoms with Gasteiger partial charge in [-0.2, -0.15) is 0 Å². The first kappa shape index (κ1) is 8.08. The fourth-order valence-corrected chi connectivity index (χ4v) is 0.381. The lowest BCUT2D eigenvalue weighted by atomic mass is 10.2. The molecule has 0 unspecified atom stereocenters. The summed E-state index contributed by atoms with van der Waals surface area (Å²) in [5.74, 6) is 0. The molecule has 0 fully saturated rings. The first-order valence-corrected chi connectivity index (χ1v) is 2.62. The summed E-state index contributed by atoms with van der Waals surface area (Å²) in [5, 5.41) is 8.33. The first-order chi connectivity index (χ1) is 4.31. The summed E-state index contributed by atoms with van der Waals surface area (Å²) >= 11 is 0. The number of carbonyl (C=O) groups excluding carboxylic acids is 1. The van der Waals surface area contributed by atoms with E-state index in [0.717, 1.165) is 5.57 Å². The molecule has 0 rings (SSSR count). The van der Waals surface area contributed by atoms with Crippen molar-refractivity contribution in [1.82, 2.24) is 0 Å². The van der Waals surface area contributed by atoms with E-state index in [9.17, 15) is 4.79 Å². The van der Waals surface area contributed by atoms with E-state index < -0.39 is 0 Å². The minimum Gasteiger partial charge on any atom is -0.396 e. The van der Waals surface area contributed by atoms with Gasteiger partial charge in [0.15, 0.2) is 0 Å². The fourth-order valence-electron chi connectivity index (χ4n) is 0.381. The van der Waals surface area contributed by atoms with Crippen molar-refractivity contribution in [3.8, 4) is 0 Å². The summed E-state index contributed by atoms with van der Waals surface area (Å²) in [5.41, 5.74) is 0.751. The van der Waals surface area contributed by atoms with Gasteiger partial charge in [-0.25, -0.2) is 9.79 Å². The monoisotopic (exact) mass is 127 g/mol. The highest BCUT2D eigenvalue weighted by atomic mass is 16.2. The molecular formula is C6H9NO2. The Kier molecular flexibility index (Phi) is 4.69. The van der Waals surface area contributed by atoms with Crippen molar-refractivity contribution in [3.05, 3.63) is 12.2 Å². The van der Waals surface area contributed by atoms with Crippen molar-refractivity contribution in [2.45, 2.75) is 6.42 Å². The number of hydrogen-bond donors (Lipinski definition) is 1. The number of hydrogen-bond acceptors (Lipinski definition) is 3. The van der Waals surface area contributed by atoms with Gasteiger partial charge < -0.3 is 5.11 Å². The smallest absolute Gasteiger partial charge is 0.235 e. The number of rotatable bonds is 4. The minimum atomic E-state index is 0.0627. The molecule has 0 aliphatic carbocycles. The summed E-state index contributed by atoms with van der Waals surface area (Å²) in [6.45, 7) is 3.89. The van der Waals surface area contributed by atoms with Crippen LogP contribution in [0.5, 0.6) is 0 Å². The number of aliphatic hydroxyl groups is 1. The first-order valence-electron chi connectivity index (χ1n) is 2.62. The molecule has 1 N–H and O–H groups in total. The van der Waals surface area contributed by atoms with Crippen LogP contribution < -0.4 is 0 Å². The molecular weight excluding hydrogens is 118 g/mol. The van der Waals surface area contributed by atoms with Crippen LogP contribution in [0, 0.1) is 0 Å². The van der Waals surface area contributed by atoms with E-state index >= 15 is 0 Å². The molecule has 0 aromatic heterocycles. The highest BCUT2D eigenvalue weighted by Gasteiger charge is 1.88. The van der Waals surface area contributed by atoms with Gasteiger partial charge in [-0.1, -0.05) is 12.2 Å². The van der Waals surface area contributed by atoms with Gasteiger partial charge in [0.05, 0.1) is 6.54 Å². The maximum Gasteiger partial charge on any atom is 0.235 e. The van der Waals surface area contributed by atoms with Crippen LogP contribution in [0.3, 0.4) is 0 Å². The predicted octanol–water partition coefficient (Wildman–Crippen LogP) is 0.261. The molecule has 0 aromatic carbocycles. The van der Waals surface area contributed by atoms with Gasteiger partial charge in [0.2, 0.25) is 6.08 Å². The average molecular weight is 127 g/mol. The molecule has 0 spiro atoms. The van der Waals surface area contributed by atoms with Crippen molar-refractivity contribution in [1.29, 1.82) is 0 Å². The van der Waals surface area contributed by atoms with Gasteiger partial charge >= 0.3 is 0 Å². The number of isocyanates is 1. The Morgan fingerprint density at radius 2 is 2.44 bits per heavy atom. The third kappa shape index (κ3) is 4.94. The van der Waals surface area contributed by atoms with Crippen molar-refractivity contribution in [2.24, 2.45) is 4.99 Å². The molecule has 0 bridgehead atoms. The minimum absolute atomic E-state index is 0.0627. The second-order valence-corrected chi connectivity index (χ2v) is 1.63. The van der Waals surface area contributed by atoms with Crippen LogP contribution in [0.2, 0.25) is 0 Å². The molecule has 0 aliphatic heterocycles. The highest BCUT2D eigenvalue weighted by Crippen LogP contribution is 1.94. The van der Waals surface area contributed by atoms with E-state index in [1.165, 1.54) is 6.08 Å². The molecule has 0 radical (unpaired) electrons. The zero-order valence-corrected chi connectivity index (χ0v) is 5.13. The van der Waals surface area contributed by atoms with Crippen LogP contribution >= 0.6 is 0 Å². The largest absolute Gasteiger partial charge is 0.396 e. The Morgan fingerprint density at radius 3 is 2.89 bits per heavy atom. The molecule has 3 heteroatoms. The van der Waals surface area contributed by atoms with Crippen LogP contribution in [-0.2, 0) is 4.79 Å². The van der Waals surface area contributed by atoms with Gasteiger partial charge in [0.25, 0.3) is 0 Å². The quantitative estimate of drug-likeness (QED) is 0.334. The summed E-state index contributed by atoms with van der Waals surface area (Å²) in [7, 11) is 0. The molecule has 0 atom stereocenters. The summed E-state index contributed by atoms with van der Waals surface area (Å²) in [6, 6.07) is 0. The van der Waals surface area contributed by atoms with Crippen LogP contribution in [0.25, 0.3) is 0 Å². The molecule has 0 amide bonds. The number of aliphatic imine (C=N–C) groups is 1. The Bertz CT molecular complexity index is 136. The molecule has 0 saturated heterocycles. The van der Waals surface area contributed by atoms with Gasteiger partial charge in [0.1, 0.15) is 0 Å². The van der Waals surface area contributed by atoms with Crippen molar-refractivity contribution >= 4 is 6.08 Å². The average Bonchev–Trinajstić information content (AvgIpc) is 1.85. The third-order valence-corrected chi connectivity index (χ3v) is 0.833. The van der Waals surface area contributed by atoms with Crippen LogP contribution in [0.15, 0.2) is 17.1 Å². The third-order valence-electron chi connectivity index (χ3n) is 0.833. The van der Waals surface area contributed by atoms with E-state index in [2.05, 4.69) is 11.6 Å². The van der Waals surface area contributed by atoms with Crippen molar-refractivity contribution in [3.63, 3.8) is 0 Å². The fraction of sp³-hybridized carbons (Fsp3) is 0.500. The molecule has 9 heavy (non-hydrogen) atoms. The lowest BCUT2D eigenvalue weighted by Crippen LogP contribution is -1.90. The van der Waals surface area contributed by atoms with E-state index in [-0.39, 0.29) is 13.2 Å². The van der Waals surface area contributed by atoms with Gasteiger partial charge in [-0.15, -0.1) is 0 Å². The molecule has 50 valence electrons. The van der Waals surface area contributed by atoms with E-state index in [0.29, 0.717) is 6.42 Å². The van der Waals surface area contributed by atoms with Gasteiger partial charge in [-0.3, -0.25) is 0 Å². The summed E-state index contributed by atoms with van der Waals surface area (Å²) in [6.07, 6.45) is 1.89. The summed E-state index contributed by atoms with van der Waals surface area (Å²) < 4.78 is 0. The predicted molar refractivity (Wildman–Crippen MR) is 33.8 cm³/mol. The zero-order valence-electron chi connectivity index (χ0n) is 5.13. The second kappa shape index (κ2) is 5.22. The Labute approximate surface area is 53.7 Å². The van der Waals surface area contributed by atoms with E-state index in [1.54, 1.807) is 0 Å². The van der Waals surface area contributed by atoms with Crippen molar-refractivity contribution < 1.29 is 9.90 Å². The highest BCUT2D eigenvalue weighted by molar-refractivity contribution is 5.33. The Morgan fingerprint density at radius 1 is 1.78 bits per heavy atom.